The number of thiophene rings is 1. The number of benzene rings is 1. The molecule has 0 bridgehead atoms. The van der Waals surface area contributed by atoms with Gasteiger partial charge in [-0.2, -0.15) is 0 Å². The Morgan fingerprint density at radius 3 is 2.52 bits per heavy atom. The molecule has 0 radical (unpaired) electrons. The highest BCUT2D eigenvalue weighted by Crippen LogP contribution is 2.40. The molecule has 1 aliphatic carbocycles. The first-order chi connectivity index (χ1) is 13.7. The maximum atomic E-state index is 12.5. The first-order valence-corrected chi connectivity index (χ1v) is 10.8. The summed E-state index contributed by atoms with van der Waals surface area (Å²) in [6.07, 6.45) is 6.13. The highest BCUT2D eigenvalue weighted by atomic mass is 32.1. The van der Waals surface area contributed by atoms with Gasteiger partial charge in [-0.25, -0.2) is 4.79 Å². The molecule has 3 rings (SSSR count). The third kappa shape index (κ3) is 4.96. The van der Waals surface area contributed by atoms with Gasteiger partial charge in [-0.15, -0.1) is 11.3 Å². The molecule has 154 valence electrons. The molecule has 0 spiro atoms. The van der Waals surface area contributed by atoms with Crippen molar-refractivity contribution in [2.45, 2.75) is 52.4 Å². The summed E-state index contributed by atoms with van der Waals surface area (Å²) in [5.74, 6) is -0.0398. The monoisotopic (exact) mass is 411 g/mol. The summed E-state index contributed by atoms with van der Waals surface area (Å²) in [4.78, 5) is 26.0. The van der Waals surface area contributed by atoms with E-state index in [0.29, 0.717) is 16.5 Å². The number of carbonyl (C=O) groups is 2. The van der Waals surface area contributed by atoms with E-state index in [1.165, 1.54) is 35.0 Å². The molecule has 1 aliphatic rings. The van der Waals surface area contributed by atoms with Crippen LogP contribution in [0, 0.1) is 5.92 Å². The van der Waals surface area contributed by atoms with E-state index in [-0.39, 0.29) is 17.3 Å². The summed E-state index contributed by atoms with van der Waals surface area (Å²) in [6.45, 7) is 8.73. The molecule has 0 aliphatic heterocycles. The second kappa shape index (κ2) is 8.54. The van der Waals surface area contributed by atoms with E-state index < -0.39 is 0 Å². The molecule has 0 saturated carbocycles. The second-order valence-electron chi connectivity index (χ2n) is 8.74. The third-order valence-corrected chi connectivity index (χ3v) is 6.51. The van der Waals surface area contributed by atoms with Crippen LogP contribution in [0.5, 0.6) is 0 Å². The van der Waals surface area contributed by atoms with Gasteiger partial charge in [0.25, 0.3) is 0 Å². The number of hydrogen-bond acceptors (Lipinski definition) is 4. The fourth-order valence-electron chi connectivity index (χ4n) is 3.58. The van der Waals surface area contributed by atoms with Crippen LogP contribution in [0.3, 0.4) is 0 Å². The van der Waals surface area contributed by atoms with Crippen LogP contribution in [-0.2, 0) is 27.8 Å². The van der Waals surface area contributed by atoms with Gasteiger partial charge >= 0.3 is 5.97 Å². The van der Waals surface area contributed by atoms with Crippen LogP contribution < -0.4 is 5.32 Å². The lowest BCUT2D eigenvalue weighted by Gasteiger charge is -2.18. The average Bonchev–Trinajstić information content (AvgIpc) is 3.02. The minimum Gasteiger partial charge on any atom is -0.465 e. The maximum absolute atomic E-state index is 12.5. The Labute approximate surface area is 177 Å². The zero-order valence-corrected chi connectivity index (χ0v) is 18.6. The Hall–Kier alpha value is -2.40. The predicted molar refractivity (Wildman–Crippen MR) is 120 cm³/mol. The standard InChI is InChI=1S/C24H29NO3S/c1-15-6-12-18-19(14-15)29-22(21(18)23(27)28-5)25-20(26)13-9-16-7-10-17(11-8-16)24(2,3)4/h7-11,13,15H,6,12,14H2,1-5H3,(H,25,26)/b13-9+/t15-/m0/s1. The molecule has 0 fully saturated rings. The fourth-order valence-corrected chi connectivity index (χ4v) is 4.98. The minimum atomic E-state index is -0.380. The van der Waals surface area contributed by atoms with Crippen molar-refractivity contribution in [1.29, 1.82) is 0 Å². The lowest BCUT2D eigenvalue weighted by atomic mass is 9.87. The zero-order valence-electron chi connectivity index (χ0n) is 17.8. The molecule has 5 heteroatoms. The van der Waals surface area contributed by atoms with E-state index in [1.54, 1.807) is 6.08 Å². The summed E-state index contributed by atoms with van der Waals surface area (Å²) in [7, 11) is 1.38. The van der Waals surface area contributed by atoms with Gasteiger partial charge in [0.2, 0.25) is 5.91 Å². The summed E-state index contributed by atoms with van der Waals surface area (Å²) in [5.41, 5.74) is 3.87. The molecule has 29 heavy (non-hydrogen) atoms. The quantitative estimate of drug-likeness (QED) is 0.526. The van der Waals surface area contributed by atoms with Gasteiger partial charge in [0, 0.05) is 11.0 Å². The van der Waals surface area contributed by atoms with E-state index in [0.717, 1.165) is 30.4 Å². The number of fused-ring (bicyclic) bond motifs is 1. The fraction of sp³-hybridized carbons (Fsp3) is 0.417. The number of hydrogen-bond donors (Lipinski definition) is 1. The number of rotatable bonds is 4. The molecule has 0 unspecified atom stereocenters. The number of methoxy groups -OCH3 is 1. The molecular formula is C24H29NO3S. The van der Waals surface area contributed by atoms with Gasteiger partial charge in [-0.1, -0.05) is 52.0 Å². The number of nitrogens with one attached hydrogen (secondary N) is 1. The lowest BCUT2D eigenvalue weighted by molar-refractivity contribution is -0.111. The normalized spacial score (nSPS) is 16.5. The van der Waals surface area contributed by atoms with Crippen molar-refractivity contribution < 1.29 is 14.3 Å². The first kappa shape index (κ1) is 21.3. The molecule has 1 heterocycles. The second-order valence-corrected chi connectivity index (χ2v) is 9.85. The molecule has 1 atom stereocenters. The number of anilines is 1. The van der Waals surface area contributed by atoms with Crippen molar-refractivity contribution >= 4 is 34.3 Å². The maximum Gasteiger partial charge on any atom is 0.341 e. The Morgan fingerprint density at radius 1 is 1.21 bits per heavy atom. The molecule has 4 nitrogen and oxygen atoms in total. The van der Waals surface area contributed by atoms with Crippen molar-refractivity contribution in [2.24, 2.45) is 5.92 Å². The molecular weight excluding hydrogens is 382 g/mol. The van der Waals surface area contributed by atoms with Crippen molar-refractivity contribution in [3.8, 4) is 0 Å². The van der Waals surface area contributed by atoms with Crippen molar-refractivity contribution in [1.82, 2.24) is 0 Å². The predicted octanol–water partition coefficient (Wildman–Crippen LogP) is 5.61. The summed E-state index contributed by atoms with van der Waals surface area (Å²) in [5, 5.41) is 3.49. The Balaban J connectivity index is 1.77. The van der Waals surface area contributed by atoms with E-state index >= 15 is 0 Å². The van der Waals surface area contributed by atoms with Crippen LogP contribution in [-0.4, -0.2) is 19.0 Å². The molecule has 1 N–H and O–H groups in total. The van der Waals surface area contributed by atoms with Gasteiger partial charge < -0.3 is 10.1 Å². The Bertz CT molecular complexity index is 932. The van der Waals surface area contributed by atoms with E-state index in [1.807, 2.05) is 12.1 Å². The lowest BCUT2D eigenvalue weighted by Crippen LogP contribution is -2.14. The van der Waals surface area contributed by atoms with Gasteiger partial charge in [0.1, 0.15) is 5.00 Å². The van der Waals surface area contributed by atoms with Gasteiger partial charge in [0.15, 0.2) is 0 Å². The van der Waals surface area contributed by atoms with Crippen molar-refractivity contribution in [2.75, 3.05) is 12.4 Å². The van der Waals surface area contributed by atoms with Gasteiger partial charge in [0.05, 0.1) is 12.7 Å². The highest BCUT2D eigenvalue weighted by molar-refractivity contribution is 7.17. The number of amides is 1. The van der Waals surface area contributed by atoms with Crippen LogP contribution in [0.4, 0.5) is 5.00 Å². The number of carbonyl (C=O) groups excluding carboxylic acids is 2. The largest absolute Gasteiger partial charge is 0.465 e. The van der Waals surface area contributed by atoms with Gasteiger partial charge in [-0.3, -0.25) is 4.79 Å². The molecule has 1 amide bonds. The Kier molecular flexibility index (Phi) is 6.27. The van der Waals surface area contributed by atoms with Crippen LogP contribution in [0.2, 0.25) is 0 Å². The number of esters is 1. The SMILES string of the molecule is COC(=O)c1c(NC(=O)/C=C/c2ccc(C(C)(C)C)cc2)sc2c1CC[C@H](C)C2. The van der Waals surface area contributed by atoms with Crippen molar-refractivity contribution in [3.63, 3.8) is 0 Å². The topological polar surface area (TPSA) is 55.4 Å². The molecule has 2 aromatic rings. The van der Waals surface area contributed by atoms with E-state index in [2.05, 4.69) is 45.1 Å². The number of ether oxygens (including phenoxy) is 1. The summed E-state index contributed by atoms with van der Waals surface area (Å²) < 4.78 is 4.98. The van der Waals surface area contributed by atoms with Crippen LogP contribution in [0.25, 0.3) is 6.08 Å². The molecule has 1 aromatic carbocycles. The third-order valence-electron chi connectivity index (χ3n) is 5.34. The molecule has 0 saturated heterocycles. The first-order valence-electron chi connectivity index (χ1n) is 10.0. The smallest absolute Gasteiger partial charge is 0.341 e. The van der Waals surface area contributed by atoms with E-state index in [9.17, 15) is 9.59 Å². The van der Waals surface area contributed by atoms with Crippen molar-refractivity contribution in [3.05, 3.63) is 57.5 Å². The minimum absolute atomic E-state index is 0.0969. The highest BCUT2D eigenvalue weighted by Gasteiger charge is 2.28. The van der Waals surface area contributed by atoms with Crippen LogP contribution >= 0.6 is 11.3 Å². The zero-order chi connectivity index (χ0) is 21.2. The summed E-state index contributed by atoms with van der Waals surface area (Å²) >= 11 is 1.50. The van der Waals surface area contributed by atoms with Gasteiger partial charge in [-0.05, 0) is 53.4 Å². The van der Waals surface area contributed by atoms with Crippen LogP contribution in [0.1, 0.15) is 66.0 Å². The Morgan fingerprint density at radius 2 is 1.90 bits per heavy atom. The molecule has 1 aromatic heterocycles. The summed E-state index contributed by atoms with van der Waals surface area (Å²) in [6, 6.07) is 8.19. The van der Waals surface area contributed by atoms with E-state index in [4.69, 9.17) is 4.74 Å². The average molecular weight is 412 g/mol. The van der Waals surface area contributed by atoms with Crippen LogP contribution in [0.15, 0.2) is 30.3 Å².